The van der Waals surface area contributed by atoms with Crippen molar-refractivity contribution in [3.63, 3.8) is 0 Å². The lowest BCUT2D eigenvalue weighted by Gasteiger charge is -2.28. The highest BCUT2D eigenvalue weighted by Crippen LogP contribution is 2.22. The Morgan fingerprint density at radius 2 is 2.19 bits per heavy atom. The van der Waals surface area contributed by atoms with Gasteiger partial charge in [-0.15, -0.1) is 0 Å². The molecule has 0 aliphatic carbocycles. The van der Waals surface area contributed by atoms with Crippen LogP contribution in [-0.4, -0.2) is 38.0 Å². The Labute approximate surface area is 95.2 Å². The van der Waals surface area contributed by atoms with E-state index in [0.29, 0.717) is 13.2 Å². The van der Waals surface area contributed by atoms with E-state index in [1.54, 1.807) is 7.11 Å². The topological polar surface area (TPSA) is 50.7 Å². The number of benzene rings is 1. The molecule has 0 radical (unpaired) electrons. The van der Waals surface area contributed by atoms with E-state index in [4.69, 9.17) is 9.47 Å². The maximum atomic E-state index is 10.1. The summed E-state index contributed by atoms with van der Waals surface area (Å²) in [5.74, 6) is 0.790. The number of ether oxygens (including phenoxy) is 2. The van der Waals surface area contributed by atoms with Crippen LogP contribution in [0.4, 0.5) is 0 Å². The van der Waals surface area contributed by atoms with E-state index in [1.807, 2.05) is 24.3 Å². The molecule has 0 saturated carbocycles. The van der Waals surface area contributed by atoms with Crippen molar-refractivity contribution in [2.24, 2.45) is 0 Å². The molecule has 1 aromatic carbocycles. The molecule has 1 heterocycles. The molecule has 4 heteroatoms. The minimum Gasteiger partial charge on any atom is -0.497 e. The summed E-state index contributed by atoms with van der Waals surface area (Å²) in [7, 11) is 1.62. The van der Waals surface area contributed by atoms with Crippen molar-refractivity contribution in [1.29, 1.82) is 0 Å². The standard InChI is InChI=1S/C12H17NO3/c1-15-10-4-2-9(3-5-10)12(14)11-8-13-6-7-16-11/h2-5,11-14H,6-8H2,1H3. The maximum Gasteiger partial charge on any atom is 0.118 e. The molecular weight excluding hydrogens is 206 g/mol. The van der Waals surface area contributed by atoms with Gasteiger partial charge in [-0.3, -0.25) is 0 Å². The van der Waals surface area contributed by atoms with Crippen molar-refractivity contribution in [3.8, 4) is 5.75 Å². The fourth-order valence-corrected chi connectivity index (χ4v) is 1.80. The van der Waals surface area contributed by atoms with Gasteiger partial charge < -0.3 is 19.9 Å². The Morgan fingerprint density at radius 3 is 2.75 bits per heavy atom. The zero-order valence-corrected chi connectivity index (χ0v) is 9.35. The molecule has 0 bridgehead atoms. The summed E-state index contributed by atoms with van der Waals surface area (Å²) in [5, 5.41) is 13.3. The molecule has 0 spiro atoms. The molecule has 2 atom stereocenters. The number of aliphatic hydroxyl groups excluding tert-OH is 1. The third kappa shape index (κ3) is 2.52. The van der Waals surface area contributed by atoms with Gasteiger partial charge in [0.2, 0.25) is 0 Å². The molecule has 0 amide bonds. The second kappa shape index (κ2) is 5.30. The minimum atomic E-state index is -0.585. The molecule has 4 nitrogen and oxygen atoms in total. The Bertz CT molecular complexity index is 320. The van der Waals surface area contributed by atoms with E-state index in [2.05, 4.69) is 5.32 Å². The van der Waals surface area contributed by atoms with Gasteiger partial charge in [0.15, 0.2) is 0 Å². The van der Waals surface area contributed by atoms with Crippen LogP contribution in [0.25, 0.3) is 0 Å². The number of morpholine rings is 1. The average molecular weight is 223 g/mol. The maximum absolute atomic E-state index is 10.1. The van der Waals surface area contributed by atoms with Gasteiger partial charge in [-0.2, -0.15) is 0 Å². The number of aliphatic hydroxyl groups is 1. The predicted octanol–water partition coefficient (Wildman–Crippen LogP) is 0.717. The molecular formula is C12H17NO3. The Hall–Kier alpha value is -1.10. The lowest BCUT2D eigenvalue weighted by molar-refractivity contribution is -0.0536. The number of rotatable bonds is 3. The third-order valence-electron chi connectivity index (χ3n) is 2.77. The molecule has 88 valence electrons. The van der Waals surface area contributed by atoms with Crippen LogP contribution < -0.4 is 10.1 Å². The van der Waals surface area contributed by atoms with Gasteiger partial charge in [-0.25, -0.2) is 0 Å². The van der Waals surface area contributed by atoms with Crippen LogP contribution in [-0.2, 0) is 4.74 Å². The van der Waals surface area contributed by atoms with Crippen LogP contribution in [0.2, 0.25) is 0 Å². The number of methoxy groups -OCH3 is 1. The number of hydrogen-bond acceptors (Lipinski definition) is 4. The molecule has 1 saturated heterocycles. The molecule has 2 rings (SSSR count). The number of hydrogen-bond donors (Lipinski definition) is 2. The highest BCUT2D eigenvalue weighted by molar-refractivity contribution is 5.29. The van der Waals surface area contributed by atoms with Crippen LogP contribution in [0.15, 0.2) is 24.3 Å². The van der Waals surface area contributed by atoms with E-state index < -0.39 is 6.10 Å². The van der Waals surface area contributed by atoms with Crippen LogP contribution in [0, 0.1) is 0 Å². The third-order valence-corrected chi connectivity index (χ3v) is 2.77. The van der Waals surface area contributed by atoms with Crippen LogP contribution in [0.1, 0.15) is 11.7 Å². The molecule has 2 unspecified atom stereocenters. The summed E-state index contributed by atoms with van der Waals surface area (Å²) in [6.45, 7) is 2.19. The van der Waals surface area contributed by atoms with Crippen molar-refractivity contribution in [1.82, 2.24) is 5.32 Å². The zero-order valence-electron chi connectivity index (χ0n) is 9.35. The lowest BCUT2D eigenvalue weighted by atomic mass is 10.0. The Balaban J connectivity index is 2.04. The van der Waals surface area contributed by atoms with Gasteiger partial charge in [0, 0.05) is 13.1 Å². The van der Waals surface area contributed by atoms with Gasteiger partial charge in [-0.1, -0.05) is 12.1 Å². The highest BCUT2D eigenvalue weighted by Gasteiger charge is 2.23. The summed E-state index contributed by atoms with van der Waals surface area (Å²) in [4.78, 5) is 0. The summed E-state index contributed by atoms with van der Waals surface area (Å²) < 4.78 is 10.6. The van der Waals surface area contributed by atoms with Gasteiger partial charge in [0.1, 0.15) is 11.9 Å². The average Bonchev–Trinajstić information content (AvgIpc) is 2.39. The SMILES string of the molecule is COc1ccc(C(O)C2CNCCO2)cc1. The summed E-state index contributed by atoms with van der Waals surface area (Å²) in [5.41, 5.74) is 0.856. The van der Waals surface area contributed by atoms with Crippen molar-refractivity contribution in [3.05, 3.63) is 29.8 Å². The van der Waals surface area contributed by atoms with E-state index in [0.717, 1.165) is 17.9 Å². The second-order valence-electron chi connectivity index (χ2n) is 3.83. The Morgan fingerprint density at radius 1 is 1.44 bits per heavy atom. The van der Waals surface area contributed by atoms with Gasteiger partial charge in [0.05, 0.1) is 19.8 Å². The molecule has 0 aromatic heterocycles. The molecule has 1 aliphatic rings. The largest absolute Gasteiger partial charge is 0.497 e. The smallest absolute Gasteiger partial charge is 0.118 e. The van der Waals surface area contributed by atoms with Crippen molar-refractivity contribution in [2.75, 3.05) is 26.8 Å². The molecule has 2 N–H and O–H groups in total. The van der Waals surface area contributed by atoms with Crippen molar-refractivity contribution in [2.45, 2.75) is 12.2 Å². The summed E-state index contributed by atoms with van der Waals surface area (Å²) in [6, 6.07) is 7.41. The Kier molecular flexibility index (Phi) is 3.77. The molecule has 1 aromatic rings. The van der Waals surface area contributed by atoms with Crippen LogP contribution >= 0.6 is 0 Å². The van der Waals surface area contributed by atoms with E-state index in [9.17, 15) is 5.11 Å². The monoisotopic (exact) mass is 223 g/mol. The summed E-state index contributed by atoms with van der Waals surface area (Å²) in [6.07, 6.45) is -0.749. The quantitative estimate of drug-likeness (QED) is 0.792. The first-order valence-corrected chi connectivity index (χ1v) is 5.45. The van der Waals surface area contributed by atoms with E-state index >= 15 is 0 Å². The molecule has 16 heavy (non-hydrogen) atoms. The van der Waals surface area contributed by atoms with Gasteiger partial charge in [-0.05, 0) is 17.7 Å². The first kappa shape index (κ1) is 11.4. The van der Waals surface area contributed by atoms with E-state index in [-0.39, 0.29) is 6.10 Å². The fourth-order valence-electron chi connectivity index (χ4n) is 1.80. The van der Waals surface area contributed by atoms with Crippen LogP contribution in [0.3, 0.4) is 0 Å². The zero-order chi connectivity index (χ0) is 11.4. The van der Waals surface area contributed by atoms with Gasteiger partial charge in [0.25, 0.3) is 0 Å². The van der Waals surface area contributed by atoms with Crippen LogP contribution in [0.5, 0.6) is 5.75 Å². The fraction of sp³-hybridized carbons (Fsp3) is 0.500. The molecule has 1 fully saturated rings. The number of nitrogens with one attached hydrogen (secondary N) is 1. The van der Waals surface area contributed by atoms with E-state index in [1.165, 1.54) is 0 Å². The highest BCUT2D eigenvalue weighted by atomic mass is 16.5. The normalized spacial score (nSPS) is 22.8. The first-order chi connectivity index (χ1) is 7.81. The minimum absolute atomic E-state index is 0.165. The predicted molar refractivity (Wildman–Crippen MR) is 60.6 cm³/mol. The first-order valence-electron chi connectivity index (χ1n) is 5.45. The van der Waals surface area contributed by atoms with Gasteiger partial charge >= 0.3 is 0 Å². The molecule has 1 aliphatic heterocycles. The van der Waals surface area contributed by atoms with Crippen molar-refractivity contribution >= 4 is 0 Å². The second-order valence-corrected chi connectivity index (χ2v) is 3.83. The summed E-state index contributed by atoms with van der Waals surface area (Å²) >= 11 is 0. The van der Waals surface area contributed by atoms with Crippen molar-refractivity contribution < 1.29 is 14.6 Å². The lowest BCUT2D eigenvalue weighted by Crippen LogP contribution is -2.41.